The highest BCUT2D eigenvalue weighted by atomic mass is 16.5. The Morgan fingerprint density at radius 1 is 1.20 bits per heavy atom. The van der Waals surface area contributed by atoms with E-state index < -0.39 is 5.60 Å². The third-order valence-corrected chi connectivity index (χ3v) is 3.50. The van der Waals surface area contributed by atoms with Crippen LogP contribution in [0.5, 0.6) is 5.75 Å². The molecule has 0 saturated heterocycles. The van der Waals surface area contributed by atoms with Crippen molar-refractivity contribution in [3.05, 3.63) is 29.8 Å². The van der Waals surface area contributed by atoms with Crippen LogP contribution in [0.25, 0.3) is 0 Å². The fourth-order valence-electron chi connectivity index (χ4n) is 1.51. The fourth-order valence-corrected chi connectivity index (χ4v) is 1.51. The normalized spacial score (nSPS) is 15.2. The van der Waals surface area contributed by atoms with Crippen molar-refractivity contribution in [2.75, 3.05) is 6.61 Å². The molecule has 0 aliphatic rings. The minimum Gasteiger partial charge on any atom is -0.491 e. The van der Waals surface area contributed by atoms with Crippen LogP contribution in [0.4, 0.5) is 0 Å². The Morgan fingerprint density at radius 2 is 1.85 bits per heavy atom. The Kier molecular flexibility index (Phi) is 5.60. The van der Waals surface area contributed by atoms with Crippen molar-refractivity contribution in [1.29, 1.82) is 0 Å². The van der Waals surface area contributed by atoms with Gasteiger partial charge in [0.15, 0.2) is 0 Å². The molecule has 1 aromatic rings. The van der Waals surface area contributed by atoms with Crippen LogP contribution in [0.15, 0.2) is 24.3 Å². The Bertz CT molecular complexity index is 419. The van der Waals surface area contributed by atoms with E-state index in [0.717, 1.165) is 12.3 Å². The molecule has 0 spiro atoms. The lowest BCUT2D eigenvalue weighted by Crippen LogP contribution is -2.37. The van der Waals surface area contributed by atoms with E-state index in [2.05, 4.69) is 32.2 Å². The quantitative estimate of drug-likeness (QED) is 0.839. The number of benzene rings is 1. The molecule has 0 fully saturated rings. The largest absolute Gasteiger partial charge is 0.491 e. The summed E-state index contributed by atoms with van der Waals surface area (Å²) in [6.45, 7) is 13.3. The van der Waals surface area contributed by atoms with Crippen LogP contribution in [-0.4, -0.2) is 22.9 Å². The van der Waals surface area contributed by atoms with Gasteiger partial charge >= 0.3 is 0 Å². The number of aliphatic hydroxyl groups is 1. The molecule has 1 aromatic carbocycles. The molecular formula is C17H29NO2. The van der Waals surface area contributed by atoms with E-state index in [1.165, 1.54) is 5.56 Å². The van der Waals surface area contributed by atoms with Crippen LogP contribution < -0.4 is 10.1 Å². The van der Waals surface area contributed by atoms with Crippen molar-refractivity contribution in [2.45, 2.75) is 59.2 Å². The highest BCUT2D eigenvalue weighted by Crippen LogP contribution is 2.20. The van der Waals surface area contributed by atoms with Gasteiger partial charge in [-0.3, -0.25) is 0 Å². The van der Waals surface area contributed by atoms with Crippen molar-refractivity contribution in [3.8, 4) is 5.75 Å². The lowest BCUT2D eigenvalue weighted by molar-refractivity contribution is -0.0266. The van der Waals surface area contributed by atoms with Gasteiger partial charge in [0.05, 0.1) is 5.60 Å². The molecule has 20 heavy (non-hydrogen) atoms. The monoisotopic (exact) mass is 279 g/mol. The summed E-state index contributed by atoms with van der Waals surface area (Å²) < 4.78 is 5.73. The zero-order valence-electron chi connectivity index (χ0n) is 13.7. The number of ether oxygens (including phenoxy) is 1. The van der Waals surface area contributed by atoms with Crippen molar-refractivity contribution in [3.63, 3.8) is 0 Å². The van der Waals surface area contributed by atoms with Crippen LogP contribution in [0, 0.1) is 5.92 Å². The van der Waals surface area contributed by atoms with Crippen molar-refractivity contribution >= 4 is 0 Å². The standard InChI is InChI=1S/C17H29NO2/c1-13(2)17(6,19)12-20-15-9-7-8-14(10-15)11-18-16(3,4)5/h7-10,13,18-19H,11-12H2,1-6H3. The second-order valence-corrected chi connectivity index (χ2v) is 7.05. The zero-order chi connectivity index (χ0) is 15.4. The molecule has 3 heteroatoms. The van der Waals surface area contributed by atoms with E-state index in [0.29, 0.717) is 6.61 Å². The minimum absolute atomic E-state index is 0.0954. The lowest BCUT2D eigenvalue weighted by atomic mass is 9.94. The number of hydrogen-bond acceptors (Lipinski definition) is 3. The highest BCUT2D eigenvalue weighted by Gasteiger charge is 2.25. The first kappa shape index (κ1) is 17.0. The maximum Gasteiger partial charge on any atom is 0.119 e. The van der Waals surface area contributed by atoms with Crippen LogP contribution in [0.2, 0.25) is 0 Å². The molecule has 3 nitrogen and oxygen atoms in total. The van der Waals surface area contributed by atoms with E-state index >= 15 is 0 Å². The third kappa shape index (κ3) is 5.93. The predicted molar refractivity (Wildman–Crippen MR) is 84.0 cm³/mol. The van der Waals surface area contributed by atoms with Crippen molar-refractivity contribution in [2.24, 2.45) is 5.92 Å². The Hall–Kier alpha value is -1.06. The summed E-state index contributed by atoms with van der Waals surface area (Å²) in [5.74, 6) is 0.965. The number of rotatable bonds is 6. The Labute approximate surface area is 123 Å². The van der Waals surface area contributed by atoms with Gasteiger partial charge in [-0.15, -0.1) is 0 Å². The fraction of sp³-hybridized carbons (Fsp3) is 0.647. The second-order valence-electron chi connectivity index (χ2n) is 7.05. The first-order chi connectivity index (χ1) is 9.10. The molecular weight excluding hydrogens is 250 g/mol. The predicted octanol–water partition coefficient (Wildman–Crippen LogP) is 3.36. The van der Waals surface area contributed by atoms with E-state index in [1.54, 1.807) is 0 Å². The molecule has 0 aliphatic heterocycles. The third-order valence-electron chi connectivity index (χ3n) is 3.50. The summed E-state index contributed by atoms with van der Waals surface area (Å²) >= 11 is 0. The zero-order valence-corrected chi connectivity index (χ0v) is 13.7. The van der Waals surface area contributed by atoms with Crippen LogP contribution in [-0.2, 0) is 6.54 Å². The number of nitrogens with one attached hydrogen (secondary N) is 1. The highest BCUT2D eigenvalue weighted by molar-refractivity contribution is 5.28. The molecule has 2 N–H and O–H groups in total. The molecule has 1 unspecified atom stereocenters. The molecule has 0 aliphatic carbocycles. The molecule has 0 amide bonds. The van der Waals surface area contributed by atoms with Crippen molar-refractivity contribution in [1.82, 2.24) is 5.32 Å². The van der Waals surface area contributed by atoms with Gasteiger partial charge in [-0.25, -0.2) is 0 Å². The van der Waals surface area contributed by atoms with Crippen LogP contribution in [0.1, 0.15) is 47.1 Å². The van der Waals surface area contributed by atoms with Gasteiger partial charge in [0.25, 0.3) is 0 Å². The van der Waals surface area contributed by atoms with Crippen LogP contribution >= 0.6 is 0 Å². The van der Waals surface area contributed by atoms with E-state index in [9.17, 15) is 5.11 Å². The molecule has 0 radical (unpaired) electrons. The Balaban J connectivity index is 2.60. The van der Waals surface area contributed by atoms with Gasteiger partial charge in [-0.1, -0.05) is 26.0 Å². The summed E-state index contributed by atoms with van der Waals surface area (Å²) in [7, 11) is 0. The maximum absolute atomic E-state index is 10.2. The van der Waals surface area contributed by atoms with Gasteiger partial charge in [-0.2, -0.15) is 0 Å². The summed E-state index contributed by atoms with van der Waals surface area (Å²) in [5.41, 5.74) is 0.472. The summed E-state index contributed by atoms with van der Waals surface area (Å²) in [6.07, 6.45) is 0. The van der Waals surface area contributed by atoms with Crippen molar-refractivity contribution < 1.29 is 9.84 Å². The minimum atomic E-state index is -0.806. The summed E-state index contributed by atoms with van der Waals surface area (Å²) in [5, 5.41) is 13.6. The first-order valence-electron chi connectivity index (χ1n) is 7.29. The lowest BCUT2D eigenvalue weighted by Gasteiger charge is -2.27. The molecule has 0 bridgehead atoms. The molecule has 114 valence electrons. The molecule has 0 aromatic heterocycles. The average molecular weight is 279 g/mol. The molecule has 1 atom stereocenters. The SMILES string of the molecule is CC(C)C(C)(O)COc1cccc(CNC(C)(C)C)c1. The molecule has 0 saturated carbocycles. The van der Waals surface area contributed by atoms with E-state index in [4.69, 9.17) is 4.74 Å². The smallest absolute Gasteiger partial charge is 0.119 e. The Morgan fingerprint density at radius 3 is 2.40 bits per heavy atom. The van der Waals surface area contributed by atoms with Gasteiger partial charge in [0, 0.05) is 12.1 Å². The van der Waals surface area contributed by atoms with E-state index in [1.807, 2.05) is 39.0 Å². The first-order valence-corrected chi connectivity index (χ1v) is 7.29. The number of hydrogen-bond donors (Lipinski definition) is 2. The van der Waals surface area contributed by atoms with Gasteiger partial charge in [0.1, 0.15) is 12.4 Å². The van der Waals surface area contributed by atoms with E-state index in [-0.39, 0.29) is 11.5 Å². The van der Waals surface area contributed by atoms with Gasteiger partial charge < -0.3 is 15.2 Å². The van der Waals surface area contributed by atoms with Crippen LogP contribution in [0.3, 0.4) is 0 Å². The molecule has 0 heterocycles. The second kappa shape index (κ2) is 6.59. The van der Waals surface area contributed by atoms with Gasteiger partial charge in [0.2, 0.25) is 0 Å². The maximum atomic E-state index is 10.2. The molecule has 1 rings (SSSR count). The average Bonchev–Trinajstić information content (AvgIpc) is 2.34. The summed E-state index contributed by atoms with van der Waals surface area (Å²) in [4.78, 5) is 0. The topological polar surface area (TPSA) is 41.5 Å². The summed E-state index contributed by atoms with van der Waals surface area (Å²) in [6, 6.07) is 8.01. The van der Waals surface area contributed by atoms with Gasteiger partial charge in [-0.05, 0) is 51.3 Å².